The minimum absolute atomic E-state index is 0.0747. The van der Waals surface area contributed by atoms with Gasteiger partial charge in [0.05, 0.1) is 10.5 Å². The molecule has 1 heterocycles. The van der Waals surface area contributed by atoms with E-state index in [9.17, 15) is 14.9 Å². The maximum atomic E-state index is 12.5. The molecule has 7 heteroatoms. The fourth-order valence-corrected chi connectivity index (χ4v) is 2.50. The predicted molar refractivity (Wildman–Crippen MR) is 74.2 cm³/mol. The molecule has 1 aromatic carbocycles. The van der Waals surface area contributed by atoms with Crippen LogP contribution in [0.25, 0.3) is 0 Å². The van der Waals surface area contributed by atoms with E-state index in [-0.39, 0.29) is 17.6 Å². The fourth-order valence-electron chi connectivity index (χ4n) is 2.09. The number of non-ortho nitro benzene ring substituents is 1. The van der Waals surface area contributed by atoms with E-state index < -0.39 is 4.92 Å². The van der Waals surface area contributed by atoms with Gasteiger partial charge in [0, 0.05) is 42.3 Å². The fraction of sp³-hybridized carbons (Fsp3) is 0.417. The molecule has 0 spiro atoms. The van der Waals surface area contributed by atoms with Crippen LogP contribution in [0.2, 0.25) is 0 Å². The number of hydrogen-bond acceptors (Lipinski definition) is 4. The number of halogens is 1. The summed E-state index contributed by atoms with van der Waals surface area (Å²) in [4.78, 5) is 24.5. The maximum Gasteiger partial charge on any atom is 0.270 e. The molecule has 1 aromatic rings. The lowest BCUT2D eigenvalue weighted by Crippen LogP contribution is -2.52. The molecule has 1 fully saturated rings. The molecule has 0 aromatic heterocycles. The van der Waals surface area contributed by atoms with Crippen LogP contribution in [0.3, 0.4) is 0 Å². The molecule has 1 N–H and O–H groups in total. The highest BCUT2D eigenvalue weighted by atomic mass is 79.9. The zero-order valence-corrected chi connectivity index (χ0v) is 12.0. The van der Waals surface area contributed by atoms with E-state index in [0.29, 0.717) is 16.6 Å². The van der Waals surface area contributed by atoms with Gasteiger partial charge in [-0.1, -0.05) is 0 Å². The lowest BCUT2D eigenvalue weighted by Gasteiger charge is -2.34. The standard InChI is InChI=1S/C12H14BrN3O3/c1-8-7-14-4-5-15(8)12(17)10-6-9(16(18)19)2-3-11(10)13/h2-3,6,8,14H,4-5,7H2,1H3. The number of nitrogens with one attached hydrogen (secondary N) is 1. The van der Waals surface area contributed by atoms with Crippen LogP contribution in [-0.4, -0.2) is 41.4 Å². The molecule has 1 saturated heterocycles. The number of carbonyl (C=O) groups is 1. The number of nitrogens with zero attached hydrogens (tertiary/aromatic N) is 2. The summed E-state index contributed by atoms with van der Waals surface area (Å²) in [6, 6.07) is 4.31. The van der Waals surface area contributed by atoms with Crippen LogP contribution in [0.1, 0.15) is 17.3 Å². The third-order valence-corrected chi connectivity index (χ3v) is 3.84. The van der Waals surface area contributed by atoms with Crippen LogP contribution >= 0.6 is 15.9 Å². The second-order valence-corrected chi connectivity index (χ2v) is 5.33. The average molecular weight is 328 g/mol. The maximum absolute atomic E-state index is 12.5. The number of carbonyl (C=O) groups excluding carboxylic acids is 1. The van der Waals surface area contributed by atoms with Crippen LogP contribution in [0.15, 0.2) is 22.7 Å². The molecule has 102 valence electrons. The smallest absolute Gasteiger partial charge is 0.270 e. The van der Waals surface area contributed by atoms with E-state index in [1.165, 1.54) is 18.2 Å². The Labute approximate surface area is 119 Å². The lowest BCUT2D eigenvalue weighted by molar-refractivity contribution is -0.384. The molecule has 6 nitrogen and oxygen atoms in total. The molecular formula is C12H14BrN3O3. The van der Waals surface area contributed by atoms with Gasteiger partial charge < -0.3 is 10.2 Å². The van der Waals surface area contributed by atoms with Crippen LogP contribution in [-0.2, 0) is 0 Å². The van der Waals surface area contributed by atoms with Crippen molar-refractivity contribution in [3.8, 4) is 0 Å². The van der Waals surface area contributed by atoms with Gasteiger partial charge in [-0.15, -0.1) is 0 Å². The van der Waals surface area contributed by atoms with Crippen molar-refractivity contribution in [2.45, 2.75) is 13.0 Å². The largest absolute Gasteiger partial charge is 0.333 e. The van der Waals surface area contributed by atoms with Gasteiger partial charge >= 0.3 is 0 Å². The summed E-state index contributed by atoms with van der Waals surface area (Å²) < 4.78 is 0.578. The third-order valence-electron chi connectivity index (χ3n) is 3.15. The molecule has 1 amide bonds. The molecule has 0 radical (unpaired) electrons. The van der Waals surface area contributed by atoms with Crippen LogP contribution in [0.4, 0.5) is 5.69 Å². The number of amides is 1. The molecule has 19 heavy (non-hydrogen) atoms. The van der Waals surface area contributed by atoms with E-state index in [2.05, 4.69) is 21.2 Å². The Bertz CT molecular complexity index is 521. The van der Waals surface area contributed by atoms with Gasteiger partial charge in [0.2, 0.25) is 0 Å². The van der Waals surface area contributed by atoms with E-state index in [4.69, 9.17) is 0 Å². The second-order valence-electron chi connectivity index (χ2n) is 4.47. The highest BCUT2D eigenvalue weighted by Gasteiger charge is 2.26. The van der Waals surface area contributed by atoms with E-state index >= 15 is 0 Å². The summed E-state index contributed by atoms with van der Waals surface area (Å²) in [7, 11) is 0. The molecule has 0 aliphatic carbocycles. The first kappa shape index (κ1) is 14.0. The molecular weight excluding hydrogens is 314 g/mol. The van der Waals surface area contributed by atoms with Gasteiger partial charge in [-0.2, -0.15) is 0 Å². The number of piperazine rings is 1. The van der Waals surface area contributed by atoms with Crippen LogP contribution < -0.4 is 5.32 Å². The van der Waals surface area contributed by atoms with Gasteiger partial charge in [-0.25, -0.2) is 0 Å². The van der Waals surface area contributed by atoms with Crippen molar-refractivity contribution < 1.29 is 9.72 Å². The topological polar surface area (TPSA) is 75.5 Å². The predicted octanol–water partition coefficient (Wildman–Crippen LogP) is 1.79. The normalized spacial score (nSPS) is 19.3. The SMILES string of the molecule is CC1CNCCN1C(=O)c1cc([N+](=O)[O-])ccc1Br. The molecule has 1 aliphatic heterocycles. The second kappa shape index (κ2) is 5.66. The Morgan fingerprint density at radius 3 is 2.95 bits per heavy atom. The number of nitro benzene ring substituents is 1. The quantitative estimate of drug-likeness (QED) is 0.663. The highest BCUT2D eigenvalue weighted by molar-refractivity contribution is 9.10. The number of rotatable bonds is 2. The van der Waals surface area contributed by atoms with E-state index in [1.54, 1.807) is 4.90 Å². The monoisotopic (exact) mass is 327 g/mol. The van der Waals surface area contributed by atoms with Gasteiger partial charge in [-0.05, 0) is 28.9 Å². The highest BCUT2D eigenvalue weighted by Crippen LogP contribution is 2.24. The molecule has 1 unspecified atom stereocenters. The Balaban J connectivity index is 2.32. The van der Waals surface area contributed by atoms with Crippen molar-refractivity contribution >= 4 is 27.5 Å². The number of benzene rings is 1. The van der Waals surface area contributed by atoms with Crippen molar-refractivity contribution in [3.05, 3.63) is 38.3 Å². The molecule has 1 atom stereocenters. The summed E-state index contributed by atoms with van der Waals surface area (Å²) >= 11 is 3.28. The molecule has 0 bridgehead atoms. The van der Waals surface area contributed by atoms with Gasteiger partial charge in [0.1, 0.15) is 0 Å². The minimum Gasteiger partial charge on any atom is -0.333 e. The van der Waals surface area contributed by atoms with Crippen LogP contribution in [0.5, 0.6) is 0 Å². The van der Waals surface area contributed by atoms with Crippen molar-refractivity contribution in [2.24, 2.45) is 0 Å². The Hall–Kier alpha value is -1.47. The first-order valence-corrected chi connectivity index (χ1v) is 6.75. The first-order valence-electron chi connectivity index (χ1n) is 5.96. The molecule has 1 aliphatic rings. The van der Waals surface area contributed by atoms with Gasteiger partial charge in [0.25, 0.3) is 11.6 Å². The zero-order valence-electron chi connectivity index (χ0n) is 10.4. The first-order chi connectivity index (χ1) is 9.00. The Morgan fingerprint density at radius 1 is 1.58 bits per heavy atom. The summed E-state index contributed by atoms with van der Waals surface area (Å²) in [5.41, 5.74) is 0.261. The van der Waals surface area contributed by atoms with Crippen molar-refractivity contribution in [1.82, 2.24) is 10.2 Å². The van der Waals surface area contributed by atoms with Gasteiger partial charge in [0.15, 0.2) is 0 Å². The Morgan fingerprint density at radius 2 is 2.32 bits per heavy atom. The summed E-state index contributed by atoms with van der Waals surface area (Å²) in [6.07, 6.45) is 0. The Kier molecular flexibility index (Phi) is 4.16. The van der Waals surface area contributed by atoms with Gasteiger partial charge in [-0.3, -0.25) is 14.9 Å². The molecule has 2 rings (SSSR count). The van der Waals surface area contributed by atoms with E-state index in [0.717, 1.165) is 13.1 Å². The zero-order chi connectivity index (χ0) is 14.0. The van der Waals surface area contributed by atoms with Crippen molar-refractivity contribution in [3.63, 3.8) is 0 Å². The number of hydrogen-bond donors (Lipinski definition) is 1. The summed E-state index contributed by atoms with van der Waals surface area (Å²) in [6.45, 7) is 4.03. The van der Waals surface area contributed by atoms with Crippen LogP contribution in [0, 0.1) is 10.1 Å². The van der Waals surface area contributed by atoms with Crippen molar-refractivity contribution in [1.29, 1.82) is 0 Å². The van der Waals surface area contributed by atoms with E-state index in [1.807, 2.05) is 6.92 Å². The summed E-state index contributed by atoms with van der Waals surface area (Å²) in [5.74, 6) is -0.176. The van der Waals surface area contributed by atoms with Crippen molar-refractivity contribution in [2.75, 3.05) is 19.6 Å². The number of nitro groups is 1. The molecule has 0 saturated carbocycles. The summed E-state index contributed by atoms with van der Waals surface area (Å²) in [5, 5.41) is 14.0. The third kappa shape index (κ3) is 2.93. The average Bonchev–Trinajstić information content (AvgIpc) is 2.38. The minimum atomic E-state index is -0.496. The lowest BCUT2D eigenvalue weighted by atomic mass is 10.1.